The summed E-state index contributed by atoms with van der Waals surface area (Å²) in [6.45, 7) is 0. The lowest BCUT2D eigenvalue weighted by Crippen LogP contribution is -2.09. The van der Waals surface area contributed by atoms with Crippen molar-refractivity contribution < 1.29 is 0 Å². The van der Waals surface area contributed by atoms with Crippen molar-refractivity contribution in [3.63, 3.8) is 0 Å². The normalized spacial score (nSPS) is 11.3. The van der Waals surface area contributed by atoms with Gasteiger partial charge < -0.3 is 4.90 Å². The van der Waals surface area contributed by atoms with E-state index in [1.165, 1.54) is 38.2 Å². The second-order valence-corrected chi connectivity index (χ2v) is 11.6. The van der Waals surface area contributed by atoms with Gasteiger partial charge in [0, 0.05) is 28.8 Å². The monoisotopic (exact) mass is 600 g/mol. The molecule has 0 aliphatic heterocycles. The van der Waals surface area contributed by atoms with Crippen molar-refractivity contribution in [2.45, 2.75) is 0 Å². The molecule has 0 amide bonds. The van der Waals surface area contributed by atoms with Gasteiger partial charge in [0.15, 0.2) is 0 Å². The lowest BCUT2D eigenvalue weighted by Gasteiger charge is -2.25. The van der Waals surface area contributed by atoms with Crippen LogP contribution < -0.4 is 4.90 Å². The summed E-state index contributed by atoms with van der Waals surface area (Å²) < 4.78 is 0. The topological polar surface area (TPSA) is 16.1 Å². The van der Waals surface area contributed by atoms with Crippen molar-refractivity contribution in [2.75, 3.05) is 4.90 Å². The second kappa shape index (κ2) is 12.6. The predicted octanol–water partition coefficient (Wildman–Crippen LogP) is 12.4. The van der Waals surface area contributed by atoms with Gasteiger partial charge in [0.1, 0.15) is 0 Å². The summed E-state index contributed by atoms with van der Waals surface area (Å²) in [6, 6.07) is 62.3. The predicted molar refractivity (Wildman–Crippen MR) is 200 cm³/mol. The van der Waals surface area contributed by atoms with E-state index < -0.39 is 0 Å². The number of nitrogens with zero attached hydrogens (tertiary/aromatic N) is 2. The number of anilines is 3. The summed E-state index contributed by atoms with van der Waals surface area (Å²) in [5, 5.41) is 4.96. The number of aromatic nitrogens is 1. The second-order valence-electron chi connectivity index (χ2n) is 11.6. The molecule has 0 saturated carbocycles. The maximum Gasteiger partial charge on any atom is 0.0701 e. The molecule has 0 atom stereocenters. The van der Waals surface area contributed by atoms with Crippen LogP contribution in [0.5, 0.6) is 0 Å². The maximum atomic E-state index is 4.49. The first-order valence-electron chi connectivity index (χ1n) is 16.0. The summed E-state index contributed by atoms with van der Waals surface area (Å²) in [5.41, 5.74) is 10.3. The number of para-hydroxylation sites is 2. The van der Waals surface area contributed by atoms with Crippen molar-refractivity contribution in [2.24, 2.45) is 0 Å². The zero-order valence-electron chi connectivity index (χ0n) is 25.9. The van der Waals surface area contributed by atoms with Crippen LogP contribution >= 0.6 is 0 Å². The van der Waals surface area contributed by atoms with Gasteiger partial charge in [0.25, 0.3) is 0 Å². The van der Waals surface area contributed by atoms with Crippen LogP contribution in [0.15, 0.2) is 182 Å². The Labute approximate surface area is 275 Å². The molecule has 7 aromatic carbocycles. The minimum atomic E-state index is 0.983. The molecule has 0 bridgehead atoms. The van der Waals surface area contributed by atoms with E-state index in [-0.39, 0.29) is 0 Å². The van der Waals surface area contributed by atoms with Gasteiger partial charge in [-0.15, -0.1) is 0 Å². The summed E-state index contributed by atoms with van der Waals surface area (Å²) in [7, 11) is 0. The lowest BCUT2D eigenvalue weighted by molar-refractivity contribution is 1.28. The molecule has 8 aromatic rings. The number of pyridine rings is 1. The van der Waals surface area contributed by atoms with E-state index >= 15 is 0 Å². The molecule has 47 heavy (non-hydrogen) atoms. The van der Waals surface area contributed by atoms with Gasteiger partial charge in [-0.2, -0.15) is 0 Å². The van der Waals surface area contributed by atoms with Crippen LogP contribution in [0.1, 0.15) is 11.1 Å². The standard InChI is InChI=1S/C45H32N2/c1-3-13-36(14-4-1)47(37-15-5-2-6-16-37)38-29-27-35(28-30-38)45-42-19-9-7-17-39(42)41(40-18-8-10-20-43(40)45)31-24-33-22-25-34(26-23-33)44-21-11-12-32-46-44/h1-32H/b31-24+. The molecule has 8 rings (SSSR count). The number of hydrogen-bond acceptors (Lipinski definition) is 2. The fourth-order valence-electron chi connectivity index (χ4n) is 6.51. The highest BCUT2D eigenvalue weighted by molar-refractivity contribution is 6.18. The first-order chi connectivity index (χ1) is 23.3. The third-order valence-electron chi connectivity index (χ3n) is 8.73. The van der Waals surface area contributed by atoms with E-state index in [1.807, 2.05) is 24.4 Å². The molecular weight excluding hydrogens is 569 g/mol. The van der Waals surface area contributed by atoms with Gasteiger partial charge in [-0.1, -0.05) is 140 Å². The van der Waals surface area contributed by atoms with Crippen LogP contribution in [0.3, 0.4) is 0 Å². The SMILES string of the molecule is C(=C\c1c2ccccc2c(-c2ccc(N(c3ccccc3)c3ccccc3)cc2)c2ccccc12)/c1ccc(-c2ccccn2)cc1. The van der Waals surface area contributed by atoms with Crippen molar-refractivity contribution >= 4 is 50.8 Å². The van der Waals surface area contributed by atoms with Crippen LogP contribution in [0.25, 0.3) is 56.1 Å². The molecule has 0 aliphatic rings. The molecule has 0 radical (unpaired) electrons. The average Bonchev–Trinajstić information content (AvgIpc) is 3.15. The smallest absolute Gasteiger partial charge is 0.0701 e. The Kier molecular flexibility index (Phi) is 7.59. The Morgan fingerprint density at radius 3 is 1.43 bits per heavy atom. The Morgan fingerprint density at radius 1 is 0.383 bits per heavy atom. The molecule has 0 saturated heterocycles. The van der Waals surface area contributed by atoms with Crippen LogP contribution in [-0.2, 0) is 0 Å². The van der Waals surface area contributed by atoms with E-state index in [1.54, 1.807) is 0 Å². The Bertz CT molecular complexity index is 2210. The third kappa shape index (κ3) is 5.58. The van der Waals surface area contributed by atoms with E-state index in [2.05, 4.69) is 180 Å². The minimum Gasteiger partial charge on any atom is -0.311 e. The lowest BCUT2D eigenvalue weighted by atomic mass is 9.88. The van der Waals surface area contributed by atoms with Crippen LogP contribution in [0.4, 0.5) is 17.1 Å². The summed E-state index contributed by atoms with van der Waals surface area (Å²) in [4.78, 5) is 6.80. The van der Waals surface area contributed by atoms with Crippen molar-refractivity contribution in [3.05, 3.63) is 193 Å². The first kappa shape index (κ1) is 28.2. The van der Waals surface area contributed by atoms with Gasteiger partial charge in [-0.3, -0.25) is 4.98 Å². The third-order valence-corrected chi connectivity index (χ3v) is 8.73. The average molecular weight is 601 g/mol. The Balaban J connectivity index is 1.21. The van der Waals surface area contributed by atoms with Gasteiger partial charge in [-0.25, -0.2) is 0 Å². The van der Waals surface area contributed by atoms with Gasteiger partial charge in [-0.05, 0) is 92.3 Å². The fourth-order valence-corrected chi connectivity index (χ4v) is 6.51. The molecular formula is C45H32N2. The van der Waals surface area contributed by atoms with E-state index in [0.717, 1.165) is 33.9 Å². The highest BCUT2D eigenvalue weighted by Crippen LogP contribution is 2.41. The number of fused-ring (bicyclic) bond motifs is 2. The van der Waals surface area contributed by atoms with Gasteiger partial charge in [0.2, 0.25) is 0 Å². The van der Waals surface area contributed by atoms with E-state index in [0.29, 0.717) is 0 Å². The Hall–Kier alpha value is -6.25. The summed E-state index contributed by atoms with van der Waals surface area (Å²) in [5.74, 6) is 0. The molecule has 0 spiro atoms. The largest absolute Gasteiger partial charge is 0.311 e. The summed E-state index contributed by atoms with van der Waals surface area (Å²) in [6.07, 6.45) is 6.32. The maximum absolute atomic E-state index is 4.49. The highest BCUT2D eigenvalue weighted by atomic mass is 15.1. The molecule has 0 N–H and O–H groups in total. The zero-order chi connectivity index (χ0) is 31.4. The fraction of sp³-hybridized carbons (Fsp3) is 0. The van der Waals surface area contributed by atoms with Crippen molar-refractivity contribution in [3.8, 4) is 22.4 Å². The first-order valence-corrected chi connectivity index (χ1v) is 16.0. The van der Waals surface area contributed by atoms with Gasteiger partial charge >= 0.3 is 0 Å². The molecule has 0 aliphatic carbocycles. The van der Waals surface area contributed by atoms with Crippen LogP contribution in [0.2, 0.25) is 0 Å². The van der Waals surface area contributed by atoms with Crippen LogP contribution in [0, 0.1) is 0 Å². The van der Waals surface area contributed by atoms with E-state index in [4.69, 9.17) is 0 Å². The molecule has 222 valence electrons. The number of benzene rings is 7. The van der Waals surface area contributed by atoms with E-state index in [9.17, 15) is 0 Å². The zero-order valence-corrected chi connectivity index (χ0v) is 25.9. The number of hydrogen-bond donors (Lipinski definition) is 0. The quantitative estimate of drug-likeness (QED) is 0.134. The van der Waals surface area contributed by atoms with Gasteiger partial charge in [0.05, 0.1) is 5.69 Å². The highest BCUT2D eigenvalue weighted by Gasteiger charge is 2.16. The molecule has 2 nitrogen and oxygen atoms in total. The van der Waals surface area contributed by atoms with Crippen molar-refractivity contribution in [1.29, 1.82) is 0 Å². The molecule has 0 fully saturated rings. The molecule has 1 aromatic heterocycles. The number of rotatable bonds is 7. The summed E-state index contributed by atoms with van der Waals surface area (Å²) >= 11 is 0. The minimum absolute atomic E-state index is 0.983. The molecule has 0 unspecified atom stereocenters. The molecule has 1 heterocycles. The van der Waals surface area contributed by atoms with Crippen molar-refractivity contribution in [1.82, 2.24) is 4.98 Å². The van der Waals surface area contributed by atoms with Crippen LogP contribution in [-0.4, -0.2) is 4.98 Å². The molecule has 2 heteroatoms. The Morgan fingerprint density at radius 2 is 0.872 bits per heavy atom.